The van der Waals surface area contributed by atoms with E-state index >= 15 is 0 Å². The van der Waals surface area contributed by atoms with Crippen LogP contribution in [0.1, 0.15) is 10.4 Å². The lowest BCUT2D eigenvalue weighted by atomic mass is 10.1. The zero-order valence-corrected chi connectivity index (χ0v) is 11.3. The molecule has 1 saturated heterocycles. The fourth-order valence-corrected chi connectivity index (χ4v) is 2.42. The summed E-state index contributed by atoms with van der Waals surface area (Å²) in [6.45, 7) is 0.513. The van der Waals surface area contributed by atoms with E-state index in [1.54, 1.807) is 0 Å². The quantitative estimate of drug-likeness (QED) is 0.906. The van der Waals surface area contributed by atoms with E-state index in [9.17, 15) is 9.59 Å². The number of ether oxygens (including phenoxy) is 1. The van der Waals surface area contributed by atoms with Crippen molar-refractivity contribution >= 4 is 35.1 Å². The maximum absolute atomic E-state index is 12.3. The molecule has 1 fully saturated rings. The summed E-state index contributed by atoms with van der Waals surface area (Å²) in [5, 5.41) is 9.75. The number of halogens is 2. The number of carbonyl (C=O) groups is 2. The molecule has 1 aliphatic heterocycles. The van der Waals surface area contributed by atoms with Crippen LogP contribution in [-0.2, 0) is 9.53 Å². The minimum absolute atomic E-state index is 0.0185. The number of carbonyl (C=O) groups excluding carboxylic acids is 1. The SMILES string of the molecule is O=C(O)[C@@H]1COCCN1C(=O)c1cc(Cl)cc(Cl)c1. The Hall–Kier alpha value is -1.30. The Bertz CT molecular complexity index is 500. The number of hydrogen-bond acceptors (Lipinski definition) is 3. The van der Waals surface area contributed by atoms with Gasteiger partial charge in [-0.3, -0.25) is 4.79 Å². The van der Waals surface area contributed by atoms with Gasteiger partial charge in [-0.05, 0) is 18.2 Å². The third-order valence-electron chi connectivity index (χ3n) is 2.78. The number of hydrogen-bond donors (Lipinski definition) is 1. The highest BCUT2D eigenvalue weighted by molar-refractivity contribution is 6.35. The number of rotatable bonds is 2. The van der Waals surface area contributed by atoms with Crippen molar-refractivity contribution in [2.45, 2.75) is 6.04 Å². The van der Waals surface area contributed by atoms with E-state index in [0.717, 1.165) is 0 Å². The lowest BCUT2D eigenvalue weighted by Gasteiger charge is -2.32. The number of nitrogens with zero attached hydrogens (tertiary/aromatic N) is 1. The van der Waals surface area contributed by atoms with E-state index in [4.69, 9.17) is 33.0 Å². The second-order valence-corrected chi connectivity index (χ2v) is 4.96. The van der Waals surface area contributed by atoms with Gasteiger partial charge in [0.15, 0.2) is 6.04 Å². The van der Waals surface area contributed by atoms with Crippen LogP contribution < -0.4 is 0 Å². The van der Waals surface area contributed by atoms with Gasteiger partial charge in [0.25, 0.3) is 5.91 Å². The van der Waals surface area contributed by atoms with Gasteiger partial charge < -0.3 is 14.7 Å². The Morgan fingerprint density at radius 3 is 2.47 bits per heavy atom. The van der Waals surface area contributed by atoms with Crippen molar-refractivity contribution in [3.63, 3.8) is 0 Å². The van der Waals surface area contributed by atoms with Gasteiger partial charge in [-0.15, -0.1) is 0 Å². The van der Waals surface area contributed by atoms with Crippen LogP contribution in [0.3, 0.4) is 0 Å². The summed E-state index contributed by atoms with van der Waals surface area (Å²) in [6.07, 6.45) is 0. The van der Waals surface area contributed by atoms with Gasteiger partial charge in [-0.2, -0.15) is 0 Å². The second-order valence-electron chi connectivity index (χ2n) is 4.09. The average molecular weight is 304 g/mol. The normalized spacial score (nSPS) is 19.3. The van der Waals surface area contributed by atoms with E-state index in [2.05, 4.69) is 0 Å². The first-order valence-corrected chi connectivity index (χ1v) is 6.32. The van der Waals surface area contributed by atoms with Crippen LogP contribution in [0.25, 0.3) is 0 Å². The molecule has 0 aromatic heterocycles. The van der Waals surface area contributed by atoms with Gasteiger partial charge >= 0.3 is 5.97 Å². The summed E-state index contributed by atoms with van der Waals surface area (Å²) in [5.41, 5.74) is 0.269. The third-order valence-corrected chi connectivity index (χ3v) is 3.22. The minimum Gasteiger partial charge on any atom is -0.480 e. The molecule has 0 aliphatic carbocycles. The molecule has 5 nitrogen and oxygen atoms in total. The Morgan fingerprint density at radius 1 is 1.26 bits per heavy atom. The Kier molecular flexibility index (Phi) is 4.29. The molecule has 0 saturated carbocycles. The van der Waals surface area contributed by atoms with E-state index in [-0.39, 0.29) is 18.7 Å². The molecule has 102 valence electrons. The van der Waals surface area contributed by atoms with Gasteiger partial charge in [0, 0.05) is 22.2 Å². The molecule has 1 aromatic carbocycles. The van der Waals surface area contributed by atoms with E-state index in [1.165, 1.54) is 23.1 Å². The molecule has 2 rings (SSSR count). The Labute approximate surface area is 119 Å². The molecule has 1 aromatic rings. The van der Waals surface area contributed by atoms with Crippen molar-refractivity contribution in [1.82, 2.24) is 4.90 Å². The molecular formula is C12H11Cl2NO4. The number of amides is 1. The van der Waals surface area contributed by atoms with Crippen molar-refractivity contribution in [3.8, 4) is 0 Å². The van der Waals surface area contributed by atoms with Gasteiger partial charge in [0.05, 0.1) is 13.2 Å². The highest BCUT2D eigenvalue weighted by Gasteiger charge is 2.33. The van der Waals surface area contributed by atoms with Gasteiger partial charge in [-0.25, -0.2) is 4.79 Å². The third kappa shape index (κ3) is 3.18. The lowest BCUT2D eigenvalue weighted by molar-refractivity contribution is -0.147. The van der Waals surface area contributed by atoms with Crippen molar-refractivity contribution in [1.29, 1.82) is 0 Å². The Morgan fingerprint density at radius 2 is 1.89 bits per heavy atom. The van der Waals surface area contributed by atoms with Crippen LogP contribution in [0.15, 0.2) is 18.2 Å². The second kappa shape index (κ2) is 5.77. The highest BCUT2D eigenvalue weighted by atomic mass is 35.5. The van der Waals surface area contributed by atoms with Crippen LogP contribution in [0.2, 0.25) is 10.0 Å². The van der Waals surface area contributed by atoms with Crippen molar-refractivity contribution in [2.24, 2.45) is 0 Å². The summed E-state index contributed by atoms with van der Waals surface area (Å²) in [7, 11) is 0. The zero-order valence-electron chi connectivity index (χ0n) is 9.81. The first-order valence-electron chi connectivity index (χ1n) is 5.56. The number of benzene rings is 1. The molecule has 0 unspecified atom stereocenters. The lowest BCUT2D eigenvalue weighted by Crippen LogP contribution is -2.52. The first-order chi connectivity index (χ1) is 8.99. The molecule has 19 heavy (non-hydrogen) atoms. The van der Waals surface area contributed by atoms with Crippen molar-refractivity contribution in [3.05, 3.63) is 33.8 Å². The van der Waals surface area contributed by atoms with Crippen LogP contribution in [0, 0.1) is 0 Å². The predicted octanol–water partition coefficient (Wildman–Crippen LogP) is 1.92. The highest BCUT2D eigenvalue weighted by Crippen LogP contribution is 2.21. The number of carboxylic acids is 1. The standard InChI is InChI=1S/C12H11Cl2NO4/c13-8-3-7(4-9(14)5-8)11(16)15-1-2-19-6-10(15)12(17)18/h3-5,10H,1-2,6H2,(H,17,18)/t10-/m0/s1. The maximum Gasteiger partial charge on any atom is 0.328 e. The first kappa shape index (κ1) is 14.1. The summed E-state index contributed by atoms with van der Waals surface area (Å²) in [6, 6.07) is 3.45. The van der Waals surface area contributed by atoms with Gasteiger partial charge in [-0.1, -0.05) is 23.2 Å². The topological polar surface area (TPSA) is 66.8 Å². The summed E-state index contributed by atoms with van der Waals surface area (Å²) in [5.74, 6) is -1.51. The van der Waals surface area contributed by atoms with Crippen molar-refractivity contribution < 1.29 is 19.4 Å². The van der Waals surface area contributed by atoms with Crippen LogP contribution in [0.4, 0.5) is 0 Å². The summed E-state index contributed by atoms with van der Waals surface area (Å²) >= 11 is 11.7. The molecule has 0 bridgehead atoms. The maximum atomic E-state index is 12.3. The van der Waals surface area contributed by atoms with E-state index < -0.39 is 17.9 Å². The molecule has 1 amide bonds. The van der Waals surface area contributed by atoms with E-state index in [1.807, 2.05) is 0 Å². The molecule has 0 radical (unpaired) electrons. The molecule has 0 spiro atoms. The largest absolute Gasteiger partial charge is 0.480 e. The monoisotopic (exact) mass is 303 g/mol. The smallest absolute Gasteiger partial charge is 0.328 e. The molecular weight excluding hydrogens is 293 g/mol. The van der Waals surface area contributed by atoms with E-state index in [0.29, 0.717) is 16.7 Å². The van der Waals surface area contributed by atoms with Crippen molar-refractivity contribution in [2.75, 3.05) is 19.8 Å². The molecule has 1 heterocycles. The number of morpholine rings is 1. The molecule has 1 N–H and O–H groups in total. The molecule has 1 aliphatic rings. The zero-order chi connectivity index (χ0) is 14.0. The summed E-state index contributed by atoms with van der Waals surface area (Å²) in [4.78, 5) is 24.7. The fraction of sp³-hybridized carbons (Fsp3) is 0.333. The molecule has 7 heteroatoms. The fourth-order valence-electron chi connectivity index (χ4n) is 1.89. The predicted molar refractivity (Wildman–Crippen MR) is 69.7 cm³/mol. The Balaban J connectivity index is 2.28. The van der Waals surface area contributed by atoms with Crippen LogP contribution in [-0.4, -0.2) is 47.7 Å². The van der Waals surface area contributed by atoms with Gasteiger partial charge in [0.1, 0.15) is 0 Å². The van der Waals surface area contributed by atoms with Gasteiger partial charge in [0.2, 0.25) is 0 Å². The minimum atomic E-state index is -1.10. The van der Waals surface area contributed by atoms with Crippen LogP contribution >= 0.6 is 23.2 Å². The molecule has 1 atom stereocenters. The average Bonchev–Trinajstić information content (AvgIpc) is 2.36. The summed E-state index contributed by atoms with van der Waals surface area (Å²) < 4.78 is 5.08. The number of carboxylic acid groups (broad SMARTS) is 1. The number of aliphatic carboxylic acids is 1. The van der Waals surface area contributed by atoms with Crippen LogP contribution in [0.5, 0.6) is 0 Å².